The highest BCUT2D eigenvalue weighted by atomic mass is 35.5. The first-order chi connectivity index (χ1) is 17.2. The van der Waals surface area contributed by atoms with E-state index in [0.717, 1.165) is 12.1 Å². The van der Waals surface area contributed by atoms with E-state index in [2.05, 4.69) is 15.4 Å². The smallest absolute Gasteiger partial charge is 0.406 e. The predicted molar refractivity (Wildman–Crippen MR) is 133 cm³/mol. The minimum absolute atomic E-state index is 0.0469. The summed E-state index contributed by atoms with van der Waals surface area (Å²) >= 11 is 19.1. The number of carbonyl (C=O) groups is 2. The van der Waals surface area contributed by atoms with Crippen molar-refractivity contribution in [3.05, 3.63) is 88.7 Å². The van der Waals surface area contributed by atoms with E-state index in [1.807, 2.05) is 0 Å². The summed E-state index contributed by atoms with van der Waals surface area (Å²) in [4.78, 5) is 25.8. The Morgan fingerprint density at radius 2 is 1.51 bits per heavy atom. The Morgan fingerprint density at radius 3 is 2.11 bits per heavy atom. The Morgan fingerprint density at radius 1 is 0.919 bits per heavy atom. The van der Waals surface area contributed by atoms with Crippen LogP contribution >= 0.6 is 34.8 Å². The van der Waals surface area contributed by atoms with Crippen LogP contribution in [0.25, 0.3) is 0 Å². The van der Waals surface area contributed by atoms with Gasteiger partial charge in [0.25, 0.3) is 5.91 Å². The number of ether oxygens (including phenoxy) is 1. The number of carbonyl (C=O) groups excluding carboxylic acids is 2. The summed E-state index contributed by atoms with van der Waals surface area (Å²) in [7, 11) is 0. The van der Waals surface area contributed by atoms with Crippen LogP contribution in [0, 0.1) is 11.7 Å². The number of benzene rings is 3. The predicted octanol–water partition coefficient (Wildman–Crippen LogP) is 7.33. The number of hydrogen-bond acceptors (Lipinski definition) is 3. The standard InChI is InChI=1S/C25H17Cl3F4N2O3/c1-23(13-2-9-17(10-3-13)37-25(30,31)32)20(24(23,27)28)22(36)34-16-8-11-19(26)18(12-16)21(35)33-15-6-4-14(29)5-7-15/h2-12,20H,1H3,(H,33,35)(H,34,36). The molecule has 194 valence electrons. The first-order valence-corrected chi connectivity index (χ1v) is 11.8. The van der Waals surface area contributed by atoms with Crippen molar-refractivity contribution in [1.29, 1.82) is 0 Å². The highest BCUT2D eigenvalue weighted by Gasteiger charge is 2.77. The highest BCUT2D eigenvalue weighted by molar-refractivity contribution is 6.54. The zero-order chi connectivity index (χ0) is 27.2. The molecule has 3 aromatic rings. The van der Waals surface area contributed by atoms with Gasteiger partial charge in [-0.05, 0) is 60.2 Å². The van der Waals surface area contributed by atoms with Gasteiger partial charge in [-0.1, -0.05) is 53.9 Å². The lowest BCUT2D eigenvalue weighted by atomic mass is 9.95. The summed E-state index contributed by atoms with van der Waals surface area (Å²) < 4.78 is 52.8. The van der Waals surface area contributed by atoms with E-state index < -0.39 is 45.4 Å². The molecule has 1 aliphatic rings. The van der Waals surface area contributed by atoms with Gasteiger partial charge in [-0.2, -0.15) is 0 Å². The van der Waals surface area contributed by atoms with E-state index >= 15 is 0 Å². The lowest BCUT2D eigenvalue weighted by molar-refractivity contribution is -0.274. The molecule has 2 atom stereocenters. The van der Waals surface area contributed by atoms with E-state index in [1.54, 1.807) is 6.92 Å². The topological polar surface area (TPSA) is 67.4 Å². The number of alkyl halides is 5. The minimum atomic E-state index is -4.84. The fourth-order valence-electron chi connectivity index (χ4n) is 4.04. The Hall–Kier alpha value is -3.01. The molecule has 12 heteroatoms. The zero-order valence-corrected chi connectivity index (χ0v) is 21.1. The zero-order valence-electron chi connectivity index (χ0n) is 18.8. The molecule has 2 amide bonds. The molecule has 2 unspecified atom stereocenters. The van der Waals surface area contributed by atoms with Crippen LogP contribution in [0.15, 0.2) is 66.7 Å². The van der Waals surface area contributed by atoms with Crippen LogP contribution in [0.2, 0.25) is 5.02 Å². The minimum Gasteiger partial charge on any atom is -0.406 e. The summed E-state index contributed by atoms with van der Waals surface area (Å²) in [6.45, 7) is 1.61. The summed E-state index contributed by atoms with van der Waals surface area (Å²) in [6.07, 6.45) is -4.84. The Bertz CT molecular complexity index is 1350. The van der Waals surface area contributed by atoms with Crippen molar-refractivity contribution in [1.82, 2.24) is 0 Å². The molecule has 1 fully saturated rings. The van der Waals surface area contributed by atoms with Gasteiger partial charge in [0.1, 0.15) is 15.9 Å². The maximum absolute atomic E-state index is 13.1. The fourth-order valence-corrected chi connectivity index (χ4v) is 5.21. The van der Waals surface area contributed by atoms with E-state index in [4.69, 9.17) is 34.8 Å². The second-order valence-electron chi connectivity index (χ2n) is 8.48. The van der Waals surface area contributed by atoms with E-state index in [1.165, 1.54) is 54.6 Å². The van der Waals surface area contributed by atoms with Crippen LogP contribution in [0.5, 0.6) is 5.75 Å². The molecule has 2 N–H and O–H groups in total. The molecule has 37 heavy (non-hydrogen) atoms. The molecule has 3 aromatic carbocycles. The highest BCUT2D eigenvalue weighted by Crippen LogP contribution is 2.69. The van der Waals surface area contributed by atoms with E-state index in [9.17, 15) is 27.2 Å². The van der Waals surface area contributed by atoms with Gasteiger partial charge in [0.05, 0.1) is 16.5 Å². The van der Waals surface area contributed by atoms with Crippen molar-refractivity contribution in [2.45, 2.75) is 23.0 Å². The van der Waals surface area contributed by atoms with Gasteiger partial charge in [-0.3, -0.25) is 9.59 Å². The Kier molecular flexibility index (Phi) is 7.09. The largest absolute Gasteiger partial charge is 0.573 e. The van der Waals surface area contributed by atoms with Crippen LogP contribution in [0.1, 0.15) is 22.8 Å². The van der Waals surface area contributed by atoms with Crippen LogP contribution < -0.4 is 15.4 Å². The molecule has 1 saturated carbocycles. The molecule has 0 radical (unpaired) electrons. The number of nitrogens with one attached hydrogen (secondary N) is 2. The van der Waals surface area contributed by atoms with Gasteiger partial charge in [0.2, 0.25) is 5.91 Å². The fraction of sp³-hybridized carbons (Fsp3) is 0.200. The summed E-state index contributed by atoms with van der Waals surface area (Å²) in [5.74, 6) is -3.02. The lowest BCUT2D eigenvalue weighted by Gasteiger charge is -2.15. The molecular weight excluding hydrogens is 559 g/mol. The van der Waals surface area contributed by atoms with Gasteiger partial charge >= 0.3 is 6.36 Å². The Labute approximate surface area is 223 Å². The molecule has 0 heterocycles. The molecule has 0 saturated heterocycles. The summed E-state index contributed by atoms with van der Waals surface area (Å²) in [5.41, 5.74) is -0.0720. The molecule has 4 rings (SSSR count). The maximum atomic E-state index is 13.1. The lowest BCUT2D eigenvalue weighted by Crippen LogP contribution is -2.20. The van der Waals surface area contributed by atoms with Crippen molar-refractivity contribution in [2.24, 2.45) is 5.92 Å². The van der Waals surface area contributed by atoms with Crippen molar-refractivity contribution in [2.75, 3.05) is 10.6 Å². The third-order valence-electron chi connectivity index (χ3n) is 6.08. The SMILES string of the molecule is CC1(c2ccc(OC(F)(F)F)cc2)C(C(=O)Nc2ccc(Cl)c(C(=O)Nc3ccc(F)cc3)c2)C1(Cl)Cl. The van der Waals surface area contributed by atoms with E-state index in [-0.39, 0.29) is 16.3 Å². The van der Waals surface area contributed by atoms with Crippen molar-refractivity contribution >= 4 is 58.0 Å². The second kappa shape index (κ2) is 9.70. The Balaban J connectivity index is 1.50. The molecular formula is C25H17Cl3F4N2O3. The first-order valence-electron chi connectivity index (χ1n) is 10.6. The van der Waals surface area contributed by atoms with Crippen molar-refractivity contribution in [3.8, 4) is 5.75 Å². The molecule has 0 bridgehead atoms. The number of rotatable bonds is 6. The van der Waals surface area contributed by atoms with Gasteiger partial charge < -0.3 is 15.4 Å². The van der Waals surface area contributed by atoms with Crippen molar-refractivity contribution in [3.63, 3.8) is 0 Å². The summed E-state index contributed by atoms with van der Waals surface area (Å²) in [5, 5.41) is 5.34. The molecule has 0 spiro atoms. The normalized spacial score (nSPS) is 20.2. The van der Waals surface area contributed by atoms with Crippen molar-refractivity contribution < 1.29 is 31.9 Å². The van der Waals surface area contributed by atoms with E-state index in [0.29, 0.717) is 11.3 Å². The van der Waals surface area contributed by atoms with Gasteiger partial charge in [0.15, 0.2) is 0 Å². The first kappa shape index (κ1) is 27.0. The van der Waals surface area contributed by atoms with Crippen LogP contribution in [-0.4, -0.2) is 22.5 Å². The van der Waals surface area contributed by atoms with Gasteiger partial charge in [-0.15, -0.1) is 13.2 Å². The average Bonchev–Trinajstić information content (AvgIpc) is 3.28. The molecule has 1 aliphatic carbocycles. The number of hydrogen-bond donors (Lipinski definition) is 2. The van der Waals surface area contributed by atoms with Crippen LogP contribution in [0.4, 0.5) is 28.9 Å². The molecule has 0 aliphatic heterocycles. The number of halogens is 7. The quantitative estimate of drug-likeness (QED) is 0.239. The molecule has 5 nitrogen and oxygen atoms in total. The second-order valence-corrected chi connectivity index (χ2v) is 10.3. The van der Waals surface area contributed by atoms with Gasteiger partial charge in [0, 0.05) is 16.8 Å². The summed E-state index contributed by atoms with van der Waals surface area (Å²) in [6, 6.07) is 14.3. The maximum Gasteiger partial charge on any atom is 0.573 e. The number of amides is 2. The molecule has 0 aromatic heterocycles. The number of anilines is 2. The average molecular weight is 576 g/mol. The monoisotopic (exact) mass is 574 g/mol. The third kappa shape index (κ3) is 5.49. The van der Waals surface area contributed by atoms with Gasteiger partial charge in [-0.25, -0.2) is 4.39 Å². The van der Waals surface area contributed by atoms with Crippen LogP contribution in [-0.2, 0) is 10.2 Å². The third-order valence-corrected chi connectivity index (χ3v) is 7.63. The van der Waals surface area contributed by atoms with Crippen LogP contribution in [0.3, 0.4) is 0 Å².